The highest BCUT2D eigenvalue weighted by Gasteiger charge is 2.40. The number of hydrogen-bond acceptors (Lipinski definition) is 8. The SMILES string of the molecule is C=C(CCCCCC)CCCCCCCC.CCCCCCCCC(CCCCCC)CSCCC[Si](OCC)(OCC)OCC.CCO[Si](CCCS)(OCC)OCC. The van der Waals surface area contributed by atoms with Crippen molar-refractivity contribution in [1.29, 1.82) is 0 Å². The Labute approximate surface area is 389 Å². The molecule has 0 saturated carbocycles. The highest BCUT2D eigenvalue weighted by atomic mass is 32.2. The Hall–Kier alpha value is 0.634. The van der Waals surface area contributed by atoms with Crippen LogP contribution in [0.1, 0.15) is 236 Å². The molecule has 0 rings (SSSR count). The van der Waals surface area contributed by atoms with Crippen LogP contribution in [0.5, 0.6) is 0 Å². The molecular formula is C50H108O6S2Si2. The molecule has 364 valence electrons. The van der Waals surface area contributed by atoms with Crippen molar-refractivity contribution in [2.45, 2.75) is 248 Å². The van der Waals surface area contributed by atoms with Gasteiger partial charge in [0, 0.05) is 51.7 Å². The van der Waals surface area contributed by atoms with Crippen LogP contribution < -0.4 is 0 Å². The summed E-state index contributed by atoms with van der Waals surface area (Å²) in [4.78, 5) is 0. The quantitative estimate of drug-likeness (QED) is 0.0283. The van der Waals surface area contributed by atoms with Crippen LogP contribution in [-0.4, -0.2) is 74.5 Å². The van der Waals surface area contributed by atoms with Gasteiger partial charge in [0.15, 0.2) is 0 Å². The van der Waals surface area contributed by atoms with E-state index in [-0.39, 0.29) is 0 Å². The van der Waals surface area contributed by atoms with E-state index in [1.165, 1.54) is 171 Å². The molecule has 1 atom stereocenters. The lowest BCUT2D eigenvalue weighted by Crippen LogP contribution is -2.46. The van der Waals surface area contributed by atoms with Crippen molar-refractivity contribution in [3.05, 3.63) is 12.2 Å². The molecule has 0 spiro atoms. The Kier molecular flexibility index (Phi) is 56.5. The second kappa shape index (κ2) is 52.3. The monoisotopic (exact) mass is 925 g/mol. The average molecular weight is 926 g/mol. The summed E-state index contributed by atoms with van der Waals surface area (Å²) in [6.45, 7) is 29.4. The highest BCUT2D eigenvalue weighted by Crippen LogP contribution is 2.26. The lowest BCUT2D eigenvalue weighted by Gasteiger charge is -2.28. The summed E-state index contributed by atoms with van der Waals surface area (Å²) in [5.41, 5.74) is 1.49. The minimum atomic E-state index is -2.45. The second-order valence-corrected chi connectivity index (χ2v) is 23.4. The largest absolute Gasteiger partial charge is 0.500 e. The summed E-state index contributed by atoms with van der Waals surface area (Å²) < 4.78 is 35.0. The van der Waals surface area contributed by atoms with E-state index in [1.807, 2.05) is 41.5 Å². The molecule has 0 aromatic rings. The minimum Gasteiger partial charge on any atom is -0.374 e. The molecule has 6 nitrogen and oxygen atoms in total. The van der Waals surface area contributed by atoms with Crippen molar-refractivity contribution in [1.82, 2.24) is 0 Å². The lowest BCUT2D eigenvalue weighted by molar-refractivity contribution is 0.0704. The Morgan fingerprint density at radius 3 is 1.12 bits per heavy atom. The normalized spacial score (nSPS) is 12.2. The molecule has 0 amide bonds. The molecule has 1 unspecified atom stereocenters. The van der Waals surface area contributed by atoms with Crippen LogP contribution in [0, 0.1) is 5.92 Å². The number of allylic oxidation sites excluding steroid dienone is 1. The van der Waals surface area contributed by atoms with Crippen LogP contribution in [0.15, 0.2) is 12.2 Å². The summed E-state index contributed by atoms with van der Waals surface area (Å²) in [6.07, 6.45) is 35.5. The second-order valence-electron chi connectivity index (χ2n) is 16.3. The van der Waals surface area contributed by atoms with E-state index < -0.39 is 17.6 Å². The van der Waals surface area contributed by atoms with Crippen LogP contribution in [0.4, 0.5) is 0 Å². The zero-order chi connectivity index (χ0) is 45.3. The number of thiol groups is 1. The number of rotatable bonds is 45. The van der Waals surface area contributed by atoms with E-state index in [0.29, 0.717) is 39.6 Å². The van der Waals surface area contributed by atoms with Gasteiger partial charge in [0.1, 0.15) is 0 Å². The van der Waals surface area contributed by atoms with Gasteiger partial charge in [-0.2, -0.15) is 24.4 Å². The summed E-state index contributed by atoms with van der Waals surface area (Å²) >= 11 is 6.34. The predicted octanol–water partition coefficient (Wildman–Crippen LogP) is 17.1. The minimum absolute atomic E-state index is 0.652. The third kappa shape index (κ3) is 43.9. The maximum absolute atomic E-state index is 5.99. The van der Waals surface area contributed by atoms with Crippen molar-refractivity contribution in [2.75, 3.05) is 56.9 Å². The summed E-state index contributed by atoms with van der Waals surface area (Å²) in [5, 5.41) is 0. The first-order valence-corrected chi connectivity index (χ1v) is 31.6. The van der Waals surface area contributed by atoms with Crippen LogP contribution in [-0.2, 0) is 26.6 Å². The molecule has 0 aliphatic rings. The van der Waals surface area contributed by atoms with Gasteiger partial charge in [-0.05, 0) is 116 Å². The van der Waals surface area contributed by atoms with Gasteiger partial charge in [0.25, 0.3) is 0 Å². The number of unbranched alkanes of at least 4 members (excludes halogenated alkanes) is 16. The van der Waals surface area contributed by atoms with Gasteiger partial charge in [-0.25, -0.2) is 0 Å². The third-order valence-electron chi connectivity index (χ3n) is 10.7. The highest BCUT2D eigenvalue weighted by molar-refractivity contribution is 7.99. The first kappa shape index (κ1) is 64.9. The molecule has 0 aromatic carbocycles. The van der Waals surface area contributed by atoms with Crippen molar-refractivity contribution >= 4 is 42.0 Å². The van der Waals surface area contributed by atoms with E-state index in [1.54, 1.807) is 0 Å². The zero-order valence-corrected chi connectivity index (χ0v) is 46.0. The lowest BCUT2D eigenvalue weighted by atomic mass is 9.96. The topological polar surface area (TPSA) is 55.4 Å². The number of thioether (sulfide) groups is 1. The maximum Gasteiger partial charge on any atom is 0.500 e. The molecule has 0 aromatic heterocycles. The predicted molar refractivity (Wildman–Crippen MR) is 277 cm³/mol. The van der Waals surface area contributed by atoms with E-state index in [9.17, 15) is 0 Å². The van der Waals surface area contributed by atoms with Crippen molar-refractivity contribution < 1.29 is 26.6 Å². The van der Waals surface area contributed by atoms with Gasteiger partial charge in [-0.15, -0.1) is 0 Å². The Morgan fingerprint density at radius 2 is 0.750 bits per heavy atom. The summed E-state index contributed by atoms with van der Waals surface area (Å²) in [5.74, 6) is 4.28. The molecule has 10 heteroatoms. The molecule has 60 heavy (non-hydrogen) atoms. The average Bonchev–Trinajstić information content (AvgIpc) is 3.23. The molecule has 0 radical (unpaired) electrons. The van der Waals surface area contributed by atoms with E-state index >= 15 is 0 Å². The van der Waals surface area contributed by atoms with Crippen LogP contribution >= 0.6 is 24.4 Å². The van der Waals surface area contributed by atoms with Crippen LogP contribution in [0.2, 0.25) is 12.1 Å². The zero-order valence-electron chi connectivity index (χ0n) is 42.3. The van der Waals surface area contributed by atoms with Crippen molar-refractivity contribution in [3.63, 3.8) is 0 Å². The van der Waals surface area contributed by atoms with Gasteiger partial charge in [-0.3, -0.25) is 0 Å². The summed E-state index contributed by atoms with van der Waals surface area (Å²) in [7, 11) is -4.82. The van der Waals surface area contributed by atoms with Gasteiger partial charge in [-0.1, -0.05) is 155 Å². The van der Waals surface area contributed by atoms with Crippen molar-refractivity contribution in [3.8, 4) is 0 Å². The van der Waals surface area contributed by atoms with Gasteiger partial charge < -0.3 is 26.6 Å². The smallest absolute Gasteiger partial charge is 0.374 e. The molecule has 0 saturated heterocycles. The number of hydrogen-bond donors (Lipinski definition) is 1. The van der Waals surface area contributed by atoms with Gasteiger partial charge >= 0.3 is 17.6 Å². The van der Waals surface area contributed by atoms with Crippen molar-refractivity contribution in [2.24, 2.45) is 5.92 Å². The fourth-order valence-corrected chi connectivity index (χ4v) is 14.5. The standard InChI is InChI=1S/C25H54O3SSi.C16H32.C9H22O3SSi/c1-6-11-13-15-16-18-21-25(20-17-14-12-7-2)24-29-22-19-23-30(26-8-3,27-9-4)28-10-5;1-4-6-8-10-11-13-15-16(3)14-12-9-7-5-2;1-4-10-14(11-5-2,12-6-3)9-7-8-13/h25H,6-24H2,1-5H3;3-15H2,1-2H3;13H,4-9H2,1-3H3. The maximum atomic E-state index is 5.99. The van der Waals surface area contributed by atoms with E-state index in [2.05, 4.69) is 58.7 Å². The van der Waals surface area contributed by atoms with E-state index in [0.717, 1.165) is 36.6 Å². The molecule has 0 aliphatic heterocycles. The third-order valence-corrected chi connectivity index (χ3v) is 18.6. The fraction of sp³-hybridized carbons (Fsp3) is 0.960. The Balaban J connectivity index is -0.000000906. The molecule has 0 bridgehead atoms. The molecule has 0 fully saturated rings. The Bertz CT molecular complexity index is 794. The molecule has 0 aliphatic carbocycles. The first-order chi connectivity index (χ1) is 29.2. The first-order valence-electron chi connectivity index (χ1n) is 25.9. The fourth-order valence-electron chi connectivity index (χ4n) is 7.41. The molecule has 0 heterocycles. The molecule has 0 N–H and O–H groups in total. The molecular weight excluding hydrogens is 817 g/mol. The van der Waals surface area contributed by atoms with E-state index in [4.69, 9.17) is 26.6 Å². The summed E-state index contributed by atoms with van der Waals surface area (Å²) in [6, 6.07) is 1.82. The Morgan fingerprint density at radius 1 is 0.433 bits per heavy atom. The van der Waals surface area contributed by atoms with Gasteiger partial charge in [0.2, 0.25) is 0 Å². The van der Waals surface area contributed by atoms with Crippen LogP contribution in [0.3, 0.4) is 0 Å². The van der Waals surface area contributed by atoms with Crippen LogP contribution in [0.25, 0.3) is 0 Å². The van der Waals surface area contributed by atoms with Gasteiger partial charge in [0.05, 0.1) is 0 Å².